The zero-order valence-electron chi connectivity index (χ0n) is 10.1. The van der Waals surface area contributed by atoms with Gasteiger partial charge in [-0.15, -0.1) is 0 Å². The minimum Gasteiger partial charge on any atom is -0.324 e. The van der Waals surface area contributed by atoms with Crippen molar-refractivity contribution in [1.82, 2.24) is 4.98 Å². The molecule has 1 heterocycles. The Kier molecular flexibility index (Phi) is 3.39. The third-order valence-electron chi connectivity index (χ3n) is 3.19. The highest BCUT2D eigenvalue weighted by atomic mass is 14.7. The predicted molar refractivity (Wildman–Crippen MR) is 68.1 cm³/mol. The maximum absolute atomic E-state index is 6.11. The summed E-state index contributed by atoms with van der Waals surface area (Å²) in [5.74, 6) is 0.489. The highest BCUT2D eigenvalue weighted by molar-refractivity contribution is 5.69. The minimum absolute atomic E-state index is 0.195. The van der Waals surface area contributed by atoms with Crippen molar-refractivity contribution in [2.75, 3.05) is 0 Å². The molecule has 0 bridgehead atoms. The van der Waals surface area contributed by atoms with E-state index < -0.39 is 0 Å². The summed E-state index contributed by atoms with van der Waals surface area (Å²) in [5, 5.41) is 0. The van der Waals surface area contributed by atoms with Crippen LogP contribution in [-0.4, -0.2) is 11.0 Å². The van der Waals surface area contributed by atoms with Crippen LogP contribution in [0.5, 0.6) is 0 Å². The molecule has 1 aliphatic rings. The maximum atomic E-state index is 6.11. The highest BCUT2D eigenvalue weighted by Gasteiger charge is 2.15. The molecule has 2 nitrogen and oxygen atoms in total. The summed E-state index contributed by atoms with van der Waals surface area (Å²) in [7, 11) is 0. The van der Waals surface area contributed by atoms with Crippen LogP contribution in [0.4, 0.5) is 0 Å². The molecule has 0 unspecified atom stereocenters. The van der Waals surface area contributed by atoms with Gasteiger partial charge in [0.25, 0.3) is 0 Å². The van der Waals surface area contributed by atoms with Gasteiger partial charge in [0.05, 0.1) is 0 Å². The van der Waals surface area contributed by atoms with Gasteiger partial charge >= 0.3 is 0 Å². The monoisotopic (exact) mass is 216 g/mol. The number of hydrogen-bond donors (Lipinski definition) is 1. The summed E-state index contributed by atoms with van der Waals surface area (Å²) in [4.78, 5) is 4.49. The lowest BCUT2D eigenvalue weighted by molar-refractivity contribution is 0.659. The normalized spacial score (nSPS) is 21.0. The molecule has 2 heteroatoms. The Morgan fingerprint density at radius 3 is 2.75 bits per heavy atom. The van der Waals surface area contributed by atoms with E-state index in [4.69, 9.17) is 5.73 Å². The van der Waals surface area contributed by atoms with Gasteiger partial charge in [-0.1, -0.05) is 26.0 Å². The highest BCUT2D eigenvalue weighted by Crippen LogP contribution is 2.26. The van der Waals surface area contributed by atoms with E-state index in [2.05, 4.69) is 37.0 Å². The number of pyridine rings is 1. The second-order valence-corrected chi connectivity index (χ2v) is 4.82. The summed E-state index contributed by atoms with van der Waals surface area (Å²) >= 11 is 0. The number of nitrogens with two attached hydrogens (primary N) is 1. The van der Waals surface area contributed by atoms with Gasteiger partial charge in [0, 0.05) is 17.9 Å². The van der Waals surface area contributed by atoms with Crippen molar-refractivity contribution in [2.45, 2.75) is 45.1 Å². The van der Waals surface area contributed by atoms with Gasteiger partial charge in [-0.2, -0.15) is 0 Å². The van der Waals surface area contributed by atoms with Crippen LogP contribution in [0, 0.1) is 0 Å². The van der Waals surface area contributed by atoms with E-state index in [1.54, 1.807) is 0 Å². The maximum Gasteiger partial charge on any atom is 0.0429 e. The first-order valence-electron chi connectivity index (χ1n) is 6.10. The van der Waals surface area contributed by atoms with Crippen LogP contribution in [0.3, 0.4) is 0 Å². The fraction of sp³-hybridized carbons (Fsp3) is 0.500. The van der Waals surface area contributed by atoms with Crippen molar-refractivity contribution in [2.24, 2.45) is 5.73 Å². The topological polar surface area (TPSA) is 38.9 Å². The van der Waals surface area contributed by atoms with E-state index in [0.29, 0.717) is 5.92 Å². The lowest BCUT2D eigenvalue weighted by atomic mass is 9.90. The second kappa shape index (κ2) is 4.79. The largest absolute Gasteiger partial charge is 0.324 e. The van der Waals surface area contributed by atoms with Crippen LogP contribution in [0.15, 0.2) is 24.4 Å². The number of aromatic nitrogens is 1. The summed E-state index contributed by atoms with van der Waals surface area (Å²) in [5.41, 5.74) is 9.72. The van der Waals surface area contributed by atoms with Crippen LogP contribution in [0.1, 0.15) is 50.3 Å². The first-order chi connectivity index (χ1) is 7.68. The van der Waals surface area contributed by atoms with E-state index in [9.17, 15) is 0 Å². The molecule has 0 saturated heterocycles. The third kappa shape index (κ3) is 2.33. The van der Waals surface area contributed by atoms with Crippen molar-refractivity contribution < 1.29 is 0 Å². The van der Waals surface area contributed by atoms with Gasteiger partial charge in [0.2, 0.25) is 0 Å². The van der Waals surface area contributed by atoms with Crippen molar-refractivity contribution in [3.63, 3.8) is 0 Å². The van der Waals surface area contributed by atoms with Crippen molar-refractivity contribution in [3.8, 4) is 0 Å². The molecule has 0 spiro atoms. The molecule has 2 rings (SSSR count). The van der Waals surface area contributed by atoms with Gasteiger partial charge in [0.1, 0.15) is 0 Å². The molecular weight excluding hydrogens is 196 g/mol. The summed E-state index contributed by atoms with van der Waals surface area (Å²) in [6.45, 7) is 4.32. The summed E-state index contributed by atoms with van der Waals surface area (Å²) in [6.07, 6.45) is 7.68. The van der Waals surface area contributed by atoms with Crippen LogP contribution in [0.25, 0.3) is 5.57 Å². The Bertz CT molecular complexity index is 376. The molecule has 0 amide bonds. The molecule has 1 atom stereocenters. The van der Waals surface area contributed by atoms with Crippen LogP contribution in [-0.2, 0) is 0 Å². The van der Waals surface area contributed by atoms with Crippen molar-refractivity contribution in [1.29, 1.82) is 0 Å². The fourth-order valence-electron chi connectivity index (χ4n) is 2.15. The fourth-order valence-corrected chi connectivity index (χ4v) is 2.15. The molecule has 1 aliphatic carbocycles. The SMILES string of the molecule is CC(C)c1ccc(C2=CCCC[C@H]2N)cn1. The number of hydrogen-bond acceptors (Lipinski definition) is 2. The Morgan fingerprint density at radius 2 is 2.19 bits per heavy atom. The van der Waals surface area contributed by atoms with E-state index >= 15 is 0 Å². The molecule has 2 N–H and O–H groups in total. The number of nitrogens with zero attached hydrogens (tertiary/aromatic N) is 1. The third-order valence-corrected chi connectivity index (χ3v) is 3.19. The molecule has 0 saturated carbocycles. The van der Waals surface area contributed by atoms with E-state index in [1.807, 2.05) is 6.20 Å². The van der Waals surface area contributed by atoms with Gasteiger partial charge in [-0.05, 0) is 42.4 Å². The van der Waals surface area contributed by atoms with Gasteiger partial charge in [-0.25, -0.2) is 0 Å². The number of allylic oxidation sites excluding steroid dienone is 1. The molecule has 86 valence electrons. The molecule has 1 aromatic heterocycles. The van der Waals surface area contributed by atoms with E-state index in [-0.39, 0.29) is 6.04 Å². The smallest absolute Gasteiger partial charge is 0.0429 e. The average molecular weight is 216 g/mol. The molecule has 1 aromatic rings. The van der Waals surface area contributed by atoms with Crippen LogP contribution < -0.4 is 5.73 Å². The second-order valence-electron chi connectivity index (χ2n) is 4.82. The Morgan fingerprint density at radius 1 is 1.38 bits per heavy atom. The Labute approximate surface area is 97.6 Å². The van der Waals surface area contributed by atoms with Crippen LogP contribution in [0.2, 0.25) is 0 Å². The first-order valence-corrected chi connectivity index (χ1v) is 6.10. The Balaban J connectivity index is 2.24. The van der Waals surface area contributed by atoms with Crippen molar-refractivity contribution >= 4 is 5.57 Å². The van der Waals surface area contributed by atoms with Crippen molar-refractivity contribution in [3.05, 3.63) is 35.7 Å². The average Bonchev–Trinajstić information content (AvgIpc) is 2.30. The van der Waals surface area contributed by atoms with Gasteiger partial charge < -0.3 is 5.73 Å². The lowest BCUT2D eigenvalue weighted by Gasteiger charge is -2.20. The zero-order chi connectivity index (χ0) is 11.5. The predicted octanol–water partition coefficient (Wildman–Crippen LogP) is 3.10. The molecule has 0 aromatic carbocycles. The number of rotatable bonds is 2. The molecule has 16 heavy (non-hydrogen) atoms. The summed E-state index contributed by atoms with van der Waals surface area (Å²) < 4.78 is 0. The quantitative estimate of drug-likeness (QED) is 0.825. The summed E-state index contributed by atoms with van der Waals surface area (Å²) in [6, 6.07) is 4.46. The van der Waals surface area contributed by atoms with E-state index in [1.165, 1.54) is 17.6 Å². The zero-order valence-corrected chi connectivity index (χ0v) is 10.1. The minimum atomic E-state index is 0.195. The first kappa shape index (κ1) is 11.3. The molecule has 0 fully saturated rings. The molecular formula is C14H20N2. The van der Waals surface area contributed by atoms with E-state index in [0.717, 1.165) is 18.5 Å². The van der Waals surface area contributed by atoms with Gasteiger partial charge in [0.15, 0.2) is 0 Å². The molecule has 0 aliphatic heterocycles. The lowest BCUT2D eigenvalue weighted by Crippen LogP contribution is -2.23. The molecule has 0 radical (unpaired) electrons. The van der Waals surface area contributed by atoms with Gasteiger partial charge in [-0.3, -0.25) is 4.98 Å². The standard InChI is InChI=1S/C14H20N2/c1-10(2)14-8-7-11(9-16-14)12-5-3-4-6-13(12)15/h5,7-10,13H,3-4,6,15H2,1-2H3/t13-/m1/s1. The van der Waals surface area contributed by atoms with Crippen LogP contribution >= 0.6 is 0 Å². The Hall–Kier alpha value is -1.15.